The van der Waals surface area contributed by atoms with Crippen molar-refractivity contribution in [1.82, 2.24) is 10.2 Å². The average molecular weight is 213 g/mol. The van der Waals surface area contributed by atoms with Gasteiger partial charge in [0, 0.05) is 38.6 Å². The minimum atomic E-state index is -0.0557. The molecule has 0 saturated carbocycles. The van der Waals surface area contributed by atoms with Crippen molar-refractivity contribution in [3.63, 3.8) is 0 Å². The third-order valence-corrected chi connectivity index (χ3v) is 2.98. The van der Waals surface area contributed by atoms with E-state index in [0.29, 0.717) is 6.42 Å². The number of amides is 1. The summed E-state index contributed by atoms with van der Waals surface area (Å²) in [4.78, 5) is 13.8. The highest BCUT2D eigenvalue weighted by molar-refractivity contribution is 5.77. The molecule has 0 aromatic carbocycles. The minimum absolute atomic E-state index is 0.00367. The normalized spacial score (nSPS) is 20.1. The highest BCUT2D eigenvalue weighted by Crippen LogP contribution is 2.20. The maximum Gasteiger partial charge on any atom is 0.224 e. The zero-order valence-corrected chi connectivity index (χ0v) is 10.0. The monoisotopic (exact) mass is 213 g/mol. The van der Waals surface area contributed by atoms with Crippen LogP contribution in [-0.4, -0.2) is 43.0 Å². The molecule has 0 aromatic heterocycles. The Balaban J connectivity index is 2.40. The van der Waals surface area contributed by atoms with Crippen LogP contribution in [0.15, 0.2) is 0 Å². The van der Waals surface area contributed by atoms with Gasteiger partial charge in [-0.05, 0) is 5.41 Å². The van der Waals surface area contributed by atoms with E-state index >= 15 is 0 Å². The van der Waals surface area contributed by atoms with Crippen LogP contribution in [0.2, 0.25) is 0 Å². The van der Waals surface area contributed by atoms with E-state index in [2.05, 4.69) is 26.1 Å². The van der Waals surface area contributed by atoms with Gasteiger partial charge in [-0.15, -0.1) is 0 Å². The van der Waals surface area contributed by atoms with Crippen molar-refractivity contribution in [3.8, 4) is 0 Å². The maximum atomic E-state index is 11.9. The third-order valence-electron chi connectivity index (χ3n) is 2.98. The van der Waals surface area contributed by atoms with Crippen LogP contribution in [0.3, 0.4) is 0 Å². The summed E-state index contributed by atoms with van der Waals surface area (Å²) in [7, 11) is 0. The Labute approximate surface area is 92.2 Å². The van der Waals surface area contributed by atoms with Crippen LogP contribution in [0, 0.1) is 5.41 Å². The fourth-order valence-electron chi connectivity index (χ4n) is 1.54. The molecule has 1 atom stereocenters. The first-order chi connectivity index (χ1) is 6.91. The Bertz CT molecular complexity index is 216. The Morgan fingerprint density at radius 2 is 1.93 bits per heavy atom. The number of rotatable bonds is 2. The lowest BCUT2D eigenvalue weighted by Crippen LogP contribution is -2.49. The van der Waals surface area contributed by atoms with Crippen molar-refractivity contribution in [2.75, 3.05) is 26.2 Å². The molecule has 88 valence electrons. The molecule has 0 aliphatic carbocycles. The highest BCUT2D eigenvalue weighted by Gasteiger charge is 2.25. The molecule has 1 aliphatic rings. The fraction of sp³-hybridized carbons (Fsp3) is 0.909. The molecule has 0 radical (unpaired) electrons. The zero-order chi connectivity index (χ0) is 11.5. The van der Waals surface area contributed by atoms with Crippen molar-refractivity contribution in [2.24, 2.45) is 11.1 Å². The van der Waals surface area contributed by atoms with Crippen molar-refractivity contribution in [1.29, 1.82) is 0 Å². The van der Waals surface area contributed by atoms with Gasteiger partial charge in [0.15, 0.2) is 0 Å². The summed E-state index contributed by atoms with van der Waals surface area (Å²) in [5.41, 5.74) is 6.00. The van der Waals surface area contributed by atoms with Gasteiger partial charge >= 0.3 is 0 Å². The highest BCUT2D eigenvalue weighted by atomic mass is 16.2. The largest absolute Gasteiger partial charge is 0.340 e. The molecule has 1 amide bonds. The van der Waals surface area contributed by atoms with Gasteiger partial charge in [-0.3, -0.25) is 4.79 Å². The second-order valence-corrected chi connectivity index (χ2v) is 5.31. The van der Waals surface area contributed by atoms with Crippen molar-refractivity contribution < 1.29 is 4.79 Å². The van der Waals surface area contributed by atoms with Crippen LogP contribution >= 0.6 is 0 Å². The summed E-state index contributed by atoms with van der Waals surface area (Å²) >= 11 is 0. The van der Waals surface area contributed by atoms with E-state index in [1.54, 1.807) is 0 Å². The molecule has 1 fully saturated rings. The number of piperazine rings is 1. The van der Waals surface area contributed by atoms with Gasteiger partial charge in [-0.25, -0.2) is 0 Å². The van der Waals surface area contributed by atoms with E-state index in [0.717, 1.165) is 26.2 Å². The van der Waals surface area contributed by atoms with Gasteiger partial charge in [0.05, 0.1) is 0 Å². The Kier molecular flexibility index (Phi) is 4.11. The fourth-order valence-corrected chi connectivity index (χ4v) is 1.54. The summed E-state index contributed by atoms with van der Waals surface area (Å²) < 4.78 is 0. The van der Waals surface area contributed by atoms with E-state index < -0.39 is 0 Å². The molecule has 3 N–H and O–H groups in total. The first-order valence-electron chi connectivity index (χ1n) is 5.65. The van der Waals surface area contributed by atoms with Gasteiger partial charge in [0.2, 0.25) is 5.91 Å². The third kappa shape index (κ3) is 3.80. The van der Waals surface area contributed by atoms with Gasteiger partial charge in [0.1, 0.15) is 0 Å². The van der Waals surface area contributed by atoms with Crippen molar-refractivity contribution in [3.05, 3.63) is 0 Å². The molecular formula is C11H23N3O. The van der Waals surface area contributed by atoms with Crippen molar-refractivity contribution >= 4 is 5.91 Å². The zero-order valence-electron chi connectivity index (χ0n) is 10.0. The van der Waals surface area contributed by atoms with Crippen LogP contribution in [0.25, 0.3) is 0 Å². The van der Waals surface area contributed by atoms with Crippen LogP contribution < -0.4 is 11.1 Å². The van der Waals surface area contributed by atoms with Gasteiger partial charge in [0.25, 0.3) is 0 Å². The summed E-state index contributed by atoms with van der Waals surface area (Å²) in [6.45, 7) is 9.65. The number of nitrogens with zero attached hydrogens (tertiary/aromatic N) is 1. The van der Waals surface area contributed by atoms with Gasteiger partial charge < -0.3 is 16.0 Å². The average Bonchev–Trinajstić information content (AvgIpc) is 2.17. The SMILES string of the molecule is CC(C)(C)C(N)CC(=O)N1CCNCC1. The lowest BCUT2D eigenvalue weighted by molar-refractivity contribution is -0.132. The minimum Gasteiger partial charge on any atom is -0.340 e. The van der Waals surface area contributed by atoms with Crippen molar-refractivity contribution in [2.45, 2.75) is 33.2 Å². The number of hydrogen-bond acceptors (Lipinski definition) is 3. The number of nitrogens with one attached hydrogen (secondary N) is 1. The smallest absolute Gasteiger partial charge is 0.224 e. The molecule has 0 bridgehead atoms. The van der Waals surface area contributed by atoms with E-state index in [4.69, 9.17) is 5.73 Å². The predicted octanol–water partition coefficient (Wildman–Crippen LogP) is 0.182. The van der Waals surface area contributed by atoms with E-state index in [1.807, 2.05) is 4.90 Å². The second-order valence-electron chi connectivity index (χ2n) is 5.31. The molecule has 0 aromatic rings. The summed E-state index contributed by atoms with van der Waals surface area (Å²) in [5, 5.41) is 3.23. The molecule has 0 spiro atoms. The van der Waals surface area contributed by atoms with Crippen LogP contribution in [0.1, 0.15) is 27.2 Å². The van der Waals surface area contributed by atoms with Crippen LogP contribution in [0.5, 0.6) is 0 Å². The molecule has 1 saturated heterocycles. The predicted molar refractivity (Wildman–Crippen MR) is 61.5 cm³/mol. The summed E-state index contributed by atoms with van der Waals surface area (Å²) in [6.07, 6.45) is 0.462. The van der Waals surface area contributed by atoms with E-state index in [-0.39, 0.29) is 17.4 Å². The van der Waals surface area contributed by atoms with Gasteiger partial charge in [-0.2, -0.15) is 0 Å². The first-order valence-corrected chi connectivity index (χ1v) is 5.65. The van der Waals surface area contributed by atoms with E-state index in [9.17, 15) is 4.79 Å². The quantitative estimate of drug-likeness (QED) is 0.688. The first kappa shape index (κ1) is 12.5. The topological polar surface area (TPSA) is 58.4 Å². The maximum absolute atomic E-state index is 11.9. The Morgan fingerprint density at radius 3 is 2.40 bits per heavy atom. The molecule has 1 unspecified atom stereocenters. The van der Waals surface area contributed by atoms with Crippen LogP contribution in [-0.2, 0) is 4.79 Å². The number of carbonyl (C=O) groups is 1. The van der Waals surface area contributed by atoms with E-state index in [1.165, 1.54) is 0 Å². The molecule has 4 nitrogen and oxygen atoms in total. The number of nitrogens with two attached hydrogens (primary N) is 1. The lowest BCUT2D eigenvalue weighted by atomic mass is 9.85. The Morgan fingerprint density at radius 1 is 1.40 bits per heavy atom. The second kappa shape index (κ2) is 4.94. The molecular weight excluding hydrogens is 190 g/mol. The lowest BCUT2D eigenvalue weighted by Gasteiger charge is -2.31. The number of hydrogen-bond donors (Lipinski definition) is 2. The molecule has 1 heterocycles. The summed E-state index contributed by atoms with van der Waals surface area (Å²) in [5.74, 6) is 0.193. The molecule has 15 heavy (non-hydrogen) atoms. The number of carbonyl (C=O) groups excluding carboxylic acids is 1. The standard InChI is InChI=1S/C11H23N3O/c1-11(2,3)9(12)8-10(15)14-6-4-13-5-7-14/h9,13H,4-8,12H2,1-3H3. The van der Waals surface area contributed by atoms with Crippen LogP contribution in [0.4, 0.5) is 0 Å². The van der Waals surface area contributed by atoms with Gasteiger partial charge in [-0.1, -0.05) is 20.8 Å². The molecule has 4 heteroatoms. The molecule has 1 rings (SSSR count). The summed E-state index contributed by atoms with van der Waals surface area (Å²) in [6, 6.07) is -0.0557. The Hall–Kier alpha value is -0.610. The molecule has 1 aliphatic heterocycles.